The van der Waals surface area contributed by atoms with E-state index >= 15 is 0 Å². The van der Waals surface area contributed by atoms with Crippen LogP contribution in [0.3, 0.4) is 0 Å². The number of thiocarbonyl (C=S) groups is 1. The van der Waals surface area contributed by atoms with Gasteiger partial charge in [-0.3, -0.25) is 4.98 Å². The van der Waals surface area contributed by atoms with Crippen LogP contribution in [0.4, 0.5) is 5.69 Å². The smallest absolute Gasteiger partial charge is 0.174 e. The Balaban J connectivity index is 1.73. The predicted octanol–water partition coefficient (Wildman–Crippen LogP) is 6.55. The number of rotatable bonds is 7. The SMILES string of the molecule is CCc1cccc(C)c1-n1c(C)cc(C2C(c3ccccn3)NC(=S)N2c2ccc(OC)cc2OC)c1C. The Morgan fingerprint density at radius 1 is 0.974 bits per heavy atom. The quantitative estimate of drug-likeness (QED) is 0.276. The van der Waals surface area contributed by atoms with Gasteiger partial charge in [0, 0.05) is 23.7 Å². The lowest BCUT2D eigenvalue weighted by atomic mass is 9.96. The van der Waals surface area contributed by atoms with Gasteiger partial charge in [0.2, 0.25) is 0 Å². The second-order valence-electron chi connectivity index (χ2n) is 9.63. The third kappa shape index (κ3) is 4.31. The summed E-state index contributed by atoms with van der Waals surface area (Å²) in [5.41, 5.74) is 9.21. The summed E-state index contributed by atoms with van der Waals surface area (Å²) >= 11 is 5.98. The molecule has 38 heavy (non-hydrogen) atoms. The van der Waals surface area contributed by atoms with Gasteiger partial charge in [-0.1, -0.05) is 31.2 Å². The van der Waals surface area contributed by atoms with Gasteiger partial charge in [0.1, 0.15) is 11.5 Å². The molecule has 1 N–H and O–H groups in total. The molecule has 0 amide bonds. The standard InChI is InChI=1S/C31H34N4O2S/c1-7-22-12-10-11-19(2)29(22)34-20(3)17-24(21(34)4)30-28(25-13-8-9-16-32-25)33-31(38)35(30)26-15-14-23(36-5)18-27(26)37-6/h8-18,28,30H,7H2,1-6H3,(H,33,38). The van der Waals surface area contributed by atoms with Gasteiger partial charge in [0.15, 0.2) is 5.11 Å². The van der Waals surface area contributed by atoms with E-state index in [1.165, 1.54) is 33.8 Å². The first kappa shape index (κ1) is 25.8. The van der Waals surface area contributed by atoms with Crippen LogP contribution in [0.25, 0.3) is 5.69 Å². The number of hydrogen-bond donors (Lipinski definition) is 1. The normalized spacial score (nSPS) is 17.0. The van der Waals surface area contributed by atoms with Crippen molar-refractivity contribution in [1.82, 2.24) is 14.9 Å². The summed E-state index contributed by atoms with van der Waals surface area (Å²) in [5, 5.41) is 4.20. The van der Waals surface area contributed by atoms with Crippen LogP contribution in [-0.2, 0) is 6.42 Å². The molecule has 2 aromatic carbocycles. The van der Waals surface area contributed by atoms with Crippen molar-refractivity contribution in [2.24, 2.45) is 0 Å². The van der Waals surface area contributed by atoms with Crippen molar-refractivity contribution in [2.45, 2.75) is 46.2 Å². The number of aryl methyl sites for hydroxylation is 3. The van der Waals surface area contributed by atoms with Crippen molar-refractivity contribution < 1.29 is 9.47 Å². The lowest BCUT2D eigenvalue weighted by Gasteiger charge is -2.29. The molecule has 0 radical (unpaired) electrons. The largest absolute Gasteiger partial charge is 0.497 e. The van der Waals surface area contributed by atoms with Gasteiger partial charge in [-0.15, -0.1) is 0 Å². The fourth-order valence-corrected chi connectivity index (χ4v) is 6.01. The van der Waals surface area contributed by atoms with Gasteiger partial charge in [-0.2, -0.15) is 0 Å². The maximum Gasteiger partial charge on any atom is 0.174 e. The molecule has 0 spiro atoms. The molecule has 6 nitrogen and oxygen atoms in total. The minimum Gasteiger partial charge on any atom is -0.497 e. The Morgan fingerprint density at radius 3 is 2.47 bits per heavy atom. The van der Waals surface area contributed by atoms with Crippen molar-refractivity contribution in [3.8, 4) is 17.2 Å². The number of pyridine rings is 1. The molecule has 1 aliphatic rings. The first-order valence-electron chi connectivity index (χ1n) is 12.9. The van der Waals surface area contributed by atoms with Gasteiger partial charge in [-0.05, 0) is 86.4 Å². The van der Waals surface area contributed by atoms with Crippen LogP contribution >= 0.6 is 12.2 Å². The first-order chi connectivity index (χ1) is 18.4. The van der Waals surface area contributed by atoms with Crippen LogP contribution < -0.4 is 19.7 Å². The molecule has 0 aliphatic carbocycles. The highest BCUT2D eigenvalue weighted by Gasteiger charge is 2.43. The van der Waals surface area contributed by atoms with Gasteiger partial charge in [0.05, 0.1) is 43.4 Å². The number of methoxy groups -OCH3 is 2. The van der Waals surface area contributed by atoms with Crippen LogP contribution in [0.2, 0.25) is 0 Å². The number of nitrogens with zero attached hydrogens (tertiary/aromatic N) is 3. The van der Waals surface area contributed by atoms with Crippen molar-refractivity contribution in [1.29, 1.82) is 0 Å². The summed E-state index contributed by atoms with van der Waals surface area (Å²) in [6.07, 6.45) is 2.79. The van der Waals surface area contributed by atoms with Gasteiger partial charge in [0.25, 0.3) is 0 Å². The Kier molecular flexibility index (Phi) is 7.13. The molecule has 0 bridgehead atoms. The fourth-order valence-electron chi connectivity index (χ4n) is 5.67. The topological polar surface area (TPSA) is 51.6 Å². The van der Waals surface area contributed by atoms with Crippen molar-refractivity contribution in [2.75, 3.05) is 19.1 Å². The third-order valence-electron chi connectivity index (χ3n) is 7.46. The zero-order valence-electron chi connectivity index (χ0n) is 22.8. The van der Waals surface area contributed by atoms with Crippen molar-refractivity contribution in [3.63, 3.8) is 0 Å². The van der Waals surface area contributed by atoms with E-state index in [-0.39, 0.29) is 12.1 Å². The molecule has 1 fully saturated rings. The Morgan fingerprint density at radius 2 is 1.79 bits per heavy atom. The molecule has 2 aromatic heterocycles. The number of nitrogens with one attached hydrogen (secondary N) is 1. The maximum absolute atomic E-state index is 5.98. The molecule has 4 aromatic rings. The van der Waals surface area contributed by atoms with E-state index in [1.807, 2.05) is 36.5 Å². The minimum atomic E-state index is -0.146. The van der Waals surface area contributed by atoms with Crippen LogP contribution in [0, 0.1) is 20.8 Å². The molecular formula is C31H34N4O2S. The number of aromatic nitrogens is 2. The molecule has 1 aliphatic heterocycles. The Labute approximate surface area is 230 Å². The number of hydrogen-bond acceptors (Lipinski definition) is 4. The number of ether oxygens (including phenoxy) is 2. The number of benzene rings is 2. The lowest BCUT2D eigenvalue weighted by Crippen LogP contribution is -2.30. The summed E-state index contributed by atoms with van der Waals surface area (Å²) in [4.78, 5) is 6.89. The zero-order valence-corrected chi connectivity index (χ0v) is 23.6. The molecule has 0 saturated carbocycles. The Bertz CT molecular complexity index is 1480. The van der Waals surface area contributed by atoms with E-state index < -0.39 is 0 Å². The summed E-state index contributed by atoms with van der Waals surface area (Å²) in [5.74, 6) is 1.42. The monoisotopic (exact) mass is 526 g/mol. The average Bonchev–Trinajstić information content (AvgIpc) is 3.43. The highest BCUT2D eigenvalue weighted by Crippen LogP contribution is 2.47. The van der Waals surface area contributed by atoms with Gasteiger partial charge < -0.3 is 24.3 Å². The minimum absolute atomic E-state index is 0.145. The summed E-state index contributed by atoms with van der Waals surface area (Å²) in [6, 6.07) is 20.4. The molecule has 2 unspecified atom stereocenters. The van der Waals surface area contributed by atoms with E-state index in [9.17, 15) is 0 Å². The lowest BCUT2D eigenvalue weighted by molar-refractivity contribution is 0.394. The van der Waals surface area contributed by atoms with Crippen LogP contribution in [0.5, 0.6) is 11.5 Å². The molecule has 1 saturated heterocycles. The molecule has 7 heteroatoms. The van der Waals surface area contributed by atoms with Crippen molar-refractivity contribution in [3.05, 3.63) is 101 Å². The molecular weight excluding hydrogens is 492 g/mol. The van der Waals surface area contributed by atoms with Crippen LogP contribution in [-0.4, -0.2) is 28.9 Å². The van der Waals surface area contributed by atoms with Crippen LogP contribution in [0.15, 0.2) is 66.9 Å². The van der Waals surface area contributed by atoms with E-state index in [0.29, 0.717) is 10.9 Å². The zero-order chi connectivity index (χ0) is 27.0. The highest BCUT2D eigenvalue weighted by molar-refractivity contribution is 7.80. The molecule has 2 atom stereocenters. The summed E-state index contributed by atoms with van der Waals surface area (Å²) < 4.78 is 13.7. The maximum atomic E-state index is 5.98. The highest BCUT2D eigenvalue weighted by atomic mass is 32.1. The summed E-state index contributed by atoms with van der Waals surface area (Å²) in [6.45, 7) is 8.78. The number of para-hydroxylation sites is 1. The molecule has 196 valence electrons. The second-order valence-corrected chi connectivity index (χ2v) is 10.0. The fraction of sp³-hybridized carbons (Fsp3) is 0.290. The van der Waals surface area contributed by atoms with Gasteiger partial charge >= 0.3 is 0 Å². The Hall–Kier alpha value is -3.84. The molecule has 3 heterocycles. The first-order valence-corrected chi connectivity index (χ1v) is 13.3. The third-order valence-corrected chi connectivity index (χ3v) is 7.77. The summed E-state index contributed by atoms with van der Waals surface area (Å²) in [7, 11) is 3.33. The van der Waals surface area contributed by atoms with Gasteiger partial charge in [-0.25, -0.2) is 0 Å². The average molecular weight is 527 g/mol. The second kappa shape index (κ2) is 10.5. The molecule has 5 rings (SSSR count). The van der Waals surface area contributed by atoms with E-state index in [4.69, 9.17) is 26.7 Å². The number of anilines is 1. The van der Waals surface area contributed by atoms with E-state index in [0.717, 1.165) is 23.6 Å². The predicted molar refractivity (Wildman–Crippen MR) is 157 cm³/mol. The van der Waals surface area contributed by atoms with E-state index in [1.54, 1.807) is 14.2 Å². The van der Waals surface area contributed by atoms with Crippen molar-refractivity contribution >= 4 is 23.0 Å². The van der Waals surface area contributed by atoms with E-state index in [2.05, 4.69) is 72.8 Å². The van der Waals surface area contributed by atoms with Crippen LogP contribution in [0.1, 0.15) is 52.8 Å².